The first-order valence-corrected chi connectivity index (χ1v) is 7.53. The molecule has 0 saturated carbocycles. The second-order valence-electron chi connectivity index (χ2n) is 5.59. The lowest BCUT2D eigenvalue weighted by molar-refractivity contribution is -0.125. The number of nitrogens with zero attached hydrogens (tertiary/aromatic N) is 1. The predicted molar refractivity (Wildman–Crippen MR) is 98.6 cm³/mol. The van der Waals surface area contributed by atoms with E-state index in [-0.39, 0.29) is 42.7 Å². The molecule has 1 saturated heterocycles. The summed E-state index contributed by atoms with van der Waals surface area (Å²) in [5, 5.41) is 2.98. The molecule has 23 heavy (non-hydrogen) atoms. The monoisotopic (exact) mass is 363 g/mol. The van der Waals surface area contributed by atoms with Gasteiger partial charge in [0.25, 0.3) is 0 Å². The molecule has 1 fully saturated rings. The molecule has 1 amide bonds. The second kappa shape index (κ2) is 10.7. The van der Waals surface area contributed by atoms with Gasteiger partial charge in [0.1, 0.15) is 0 Å². The maximum atomic E-state index is 12.0. The Morgan fingerprint density at radius 1 is 1.26 bits per heavy atom. The Kier molecular flexibility index (Phi) is 10.2. The van der Waals surface area contributed by atoms with Gasteiger partial charge in [-0.15, -0.1) is 24.8 Å². The molecule has 132 valence electrons. The van der Waals surface area contributed by atoms with Crippen molar-refractivity contribution < 1.29 is 9.53 Å². The fraction of sp³-hybridized carbons (Fsp3) is 0.562. The molecule has 2 unspecified atom stereocenters. The first-order valence-electron chi connectivity index (χ1n) is 7.53. The minimum absolute atomic E-state index is 0. The molecule has 3 N–H and O–H groups in total. The number of halogens is 2. The van der Waals surface area contributed by atoms with Crippen molar-refractivity contribution in [3.8, 4) is 0 Å². The molecule has 1 aliphatic heterocycles. The first kappa shape index (κ1) is 22.0. The zero-order valence-electron chi connectivity index (χ0n) is 13.7. The Bertz CT molecular complexity index is 480. The van der Waals surface area contributed by atoms with Crippen LogP contribution in [0.3, 0.4) is 0 Å². The molecule has 1 aromatic carbocycles. The van der Waals surface area contributed by atoms with Gasteiger partial charge in [0, 0.05) is 37.3 Å². The fourth-order valence-corrected chi connectivity index (χ4v) is 2.36. The summed E-state index contributed by atoms with van der Waals surface area (Å²) in [4.78, 5) is 14.3. The number of nitrogens with one attached hydrogen (secondary N) is 1. The molecule has 7 heteroatoms. The number of para-hydroxylation sites is 1. The molecule has 0 bridgehead atoms. The average Bonchev–Trinajstić information content (AvgIpc) is 2.52. The van der Waals surface area contributed by atoms with Crippen molar-refractivity contribution in [3.05, 3.63) is 29.8 Å². The van der Waals surface area contributed by atoms with Gasteiger partial charge >= 0.3 is 0 Å². The molecule has 1 aliphatic rings. The maximum absolute atomic E-state index is 12.0. The van der Waals surface area contributed by atoms with E-state index in [2.05, 4.69) is 22.3 Å². The zero-order valence-corrected chi connectivity index (χ0v) is 15.3. The summed E-state index contributed by atoms with van der Waals surface area (Å²) in [5.74, 6) is -0.178. The first-order chi connectivity index (χ1) is 10.1. The number of rotatable bonds is 5. The normalized spacial score (nSPS) is 16.6. The van der Waals surface area contributed by atoms with E-state index in [0.29, 0.717) is 6.54 Å². The SMILES string of the molecule is CC(N)C(C)C(=O)NCc1ccccc1N1CCOCC1.Cl.Cl. The van der Waals surface area contributed by atoms with Crippen LogP contribution in [0, 0.1) is 5.92 Å². The van der Waals surface area contributed by atoms with Crippen LogP contribution in [0.25, 0.3) is 0 Å². The standard InChI is InChI=1S/C16H25N3O2.2ClH/c1-12(13(2)17)16(20)18-11-14-5-3-4-6-15(14)19-7-9-21-10-8-19;;/h3-6,12-13H,7-11,17H2,1-2H3,(H,18,20);2*1H. The van der Waals surface area contributed by atoms with Crippen LogP contribution in [-0.4, -0.2) is 38.3 Å². The topological polar surface area (TPSA) is 67.6 Å². The van der Waals surface area contributed by atoms with E-state index in [1.54, 1.807) is 0 Å². The molecule has 1 heterocycles. The number of benzene rings is 1. The maximum Gasteiger partial charge on any atom is 0.224 e. The summed E-state index contributed by atoms with van der Waals surface area (Å²) in [5.41, 5.74) is 8.07. The number of amides is 1. The van der Waals surface area contributed by atoms with E-state index in [1.807, 2.05) is 26.0 Å². The number of nitrogens with two attached hydrogens (primary N) is 1. The van der Waals surface area contributed by atoms with Gasteiger partial charge in [-0.05, 0) is 18.6 Å². The van der Waals surface area contributed by atoms with Crippen LogP contribution in [-0.2, 0) is 16.1 Å². The fourth-order valence-electron chi connectivity index (χ4n) is 2.36. The average molecular weight is 364 g/mol. The zero-order chi connectivity index (χ0) is 15.2. The highest BCUT2D eigenvalue weighted by Crippen LogP contribution is 2.21. The second-order valence-corrected chi connectivity index (χ2v) is 5.59. The summed E-state index contributed by atoms with van der Waals surface area (Å²) >= 11 is 0. The molecule has 0 aromatic heterocycles. The van der Waals surface area contributed by atoms with E-state index in [1.165, 1.54) is 5.69 Å². The number of carbonyl (C=O) groups excluding carboxylic acids is 1. The van der Waals surface area contributed by atoms with Gasteiger partial charge in [0.2, 0.25) is 5.91 Å². The van der Waals surface area contributed by atoms with Crippen LogP contribution in [0.1, 0.15) is 19.4 Å². The summed E-state index contributed by atoms with van der Waals surface area (Å²) in [6, 6.07) is 8.05. The number of morpholine rings is 1. The Labute approximate surface area is 150 Å². The van der Waals surface area contributed by atoms with Crippen molar-refractivity contribution in [2.75, 3.05) is 31.2 Å². The lowest BCUT2D eigenvalue weighted by atomic mass is 10.0. The number of ether oxygens (including phenoxy) is 1. The van der Waals surface area contributed by atoms with Crippen LogP contribution >= 0.6 is 24.8 Å². The van der Waals surface area contributed by atoms with E-state index < -0.39 is 0 Å². The summed E-state index contributed by atoms with van der Waals surface area (Å²) in [7, 11) is 0. The van der Waals surface area contributed by atoms with Crippen molar-refractivity contribution in [2.24, 2.45) is 11.7 Å². The number of hydrogen-bond acceptors (Lipinski definition) is 4. The lowest BCUT2D eigenvalue weighted by Gasteiger charge is -2.30. The van der Waals surface area contributed by atoms with Crippen molar-refractivity contribution in [2.45, 2.75) is 26.4 Å². The van der Waals surface area contributed by atoms with Crippen molar-refractivity contribution in [3.63, 3.8) is 0 Å². The van der Waals surface area contributed by atoms with E-state index in [9.17, 15) is 4.79 Å². The van der Waals surface area contributed by atoms with Gasteiger partial charge < -0.3 is 20.7 Å². The highest BCUT2D eigenvalue weighted by atomic mass is 35.5. The van der Waals surface area contributed by atoms with Gasteiger partial charge in [-0.25, -0.2) is 0 Å². The van der Waals surface area contributed by atoms with E-state index in [0.717, 1.165) is 31.9 Å². The Morgan fingerprint density at radius 2 is 1.87 bits per heavy atom. The molecule has 0 aliphatic carbocycles. The molecular formula is C16H27Cl2N3O2. The Hall–Kier alpha value is -1.01. The molecule has 0 radical (unpaired) electrons. The molecule has 0 spiro atoms. The molecule has 2 atom stereocenters. The largest absolute Gasteiger partial charge is 0.378 e. The third kappa shape index (κ3) is 6.18. The van der Waals surface area contributed by atoms with E-state index >= 15 is 0 Å². The van der Waals surface area contributed by atoms with Gasteiger partial charge in [0.05, 0.1) is 13.2 Å². The predicted octanol–water partition coefficient (Wildman–Crippen LogP) is 1.97. The smallest absolute Gasteiger partial charge is 0.224 e. The van der Waals surface area contributed by atoms with Gasteiger partial charge in [-0.1, -0.05) is 25.1 Å². The molecule has 2 rings (SSSR count). The van der Waals surface area contributed by atoms with Gasteiger partial charge in [0.15, 0.2) is 0 Å². The van der Waals surface area contributed by atoms with Crippen LogP contribution in [0.5, 0.6) is 0 Å². The van der Waals surface area contributed by atoms with E-state index in [4.69, 9.17) is 10.5 Å². The minimum atomic E-state index is -0.180. The van der Waals surface area contributed by atoms with Crippen molar-refractivity contribution >= 4 is 36.4 Å². The highest BCUT2D eigenvalue weighted by Gasteiger charge is 2.18. The lowest BCUT2D eigenvalue weighted by Crippen LogP contribution is -2.39. The molecular weight excluding hydrogens is 337 g/mol. The van der Waals surface area contributed by atoms with Crippen LogP contribution < -0.4 is 16.0 Å². The Balaban J connectivity index is 0.00000242. The molecule has 5 nitrogen and oxygen atoms in total. The third-order valence-corrected chi connectivity index (χ3v) is 4.00. The van der Waals surface area contributed by atoms with Crippen LogP contribution in [0.15, 0.2) is 24.3 Å². The Morgan fingerprint density at radius 3 is 2.48 bits per heavy atom. The van der Waals surface area contributed by atoms with Crippen molar-refractivity contribution in [1.29, 1.82) is 0 Å². The van der Waals surface area contributed by atoms with Crippen molar-refractivity contribution in [1.82, 2.24) is 5.32 Å². The third-order valence-electron chi connectivity index (χ3n) is 4.00. The summed E-state index contributed by atoms with van der Waals surface area (Å²) in [6.07, 6.45) is 0. The van der Waals surface area contributed by atoms with Gasteiger partial charge in [-0.3, -0.25) is 4.79 Å². The number of anilines is 1. The van der Waals surface area contributed by atoms with Crippen LogP contribution in [0.4, 0.5) is 5.69 Å². The van der Waals surface area contributed by atoms with Crippen LogP contribution in [0.2, 0.25) is 0 Å². The molecule has 1 aromatic rings. The number of carbonyl (C=O) groups is 1. The number of hydrogen-bond donors (Lipinski definition) is 2. The highest BCUT2D eigenvalue weighted by molar-refractivity contribution is 5.85. The summed E-state index contributed by atoms with van der Waals surface area (Å²) < 4.78 is 5.39. The quantitative estimate of drug-likeness (QED) is 0.838. The minimum Gasteiger partial charge on any atom is -0.378 e. The summed E-state index contributed by atoms with van der Waals surface area (Å²) in [6.45, 7) is 7.52. The van der Waals surface area contributed by atoms with Gasteiger partial charge in [-0.2, -0.15) is 0 Å².